The summed E-state index contributed by atoms with van der Waals surface area (Å²) in [6, 6.07) is 15.1. The second-order valence-electron chi connectivity index (χ2n) is 4.57. The highest BCUT2D eigenvalue weighted by atomic mass is 16.5. The average molecular weight is 263 g/mol. The first-order valence-electron chi connectivity index (χ1n) is 6.35. The van der Waals surface area contributed by atoms with Gasteiger partial charge in [-0.1, -0.05) is 18.2 Å². The predicted octanol–water partition coefficient (Wildman–Crippen LogP) is 4.15. The van der Waals surface area contributed by atoms with E-state index in [0.717, 1.165) is 22.8 Å². The number of pyridine rings is 1. The fraction of sp³-hybridized carbons (Fsp3) is 0.0588. The van der Waals surface area contributed by atoms with Gasteiger partial charge in [0, 0.05) is 17.1 Å². The van der Waals surface area contributed by atoms with Gasteiger partial charge in [0.1, 0.15) is 17.6 Å². The Kier molecular flexibility index (Phi) is 3.17. The maximum absolute atomic E-state index is 10.8. The molecule has 0 radical (unpaired) electrons. The van der Waals surface area contributed by atoms with E-state index in [1.54, 1.807) is 18.3 Å². The van der Waals surface area contributed by atoms with Gasteiger partial charge in [-0.2, -0.15) is 0 Å². The van der Waals surface area contributed by atoms with Gasteiger partial charge in [-0.05, 0) is 42.8 Å². The molecule has 1 heterocycles. The molecule has 0 N–H and O–H groups in total. The number of rotatable bonds is 3. The Labute approximate surface area is 116 Å². The summed E-state index contributed by atoms with van der Waals surface area (Å²) in [5, 5.41) is 1.03. The summed E-state index contributed by atoms with van der Waals surface area (Å²) >= 11 is 0. The van der Waals surface area contributed by atoms with Crippen LogP contribution in [0.15, 0.2) is 54.7 Å². The molecule has 3 aromatic rings. The number of hydrogen-bond acceptors (Lipinski definition) is 3. The molecule has 20 heavy (non-hydrogen) atoms. The van der Waals surface area contributed by atoms with Crippen LogP contribution >= 0.6 is 0 Å². The lowest BCUT2D eigenvalue weighted by Crippen LogP contribution is -1.91. The van der Waals surface area contributed by atoms with Crippen LogP contribution in [-0.2, 0) is 0 Å². The summed E-state index contributed by atoms with van der Waals surface area (Å²) in [6.07, 6.45) is 2.59. The highest BCUT2D eigenvalue weighted by Gasteiger charge is 2.05. The third-order valence-corrected chi connectivity index (χ3v) is 3.19. The molecule has 0 amide bonds. The summed E-state index contributed by atoms with van der Waals surface area (Å²) in [6.45, 7) is 1.89. The number of aromatic nitrogens is 1. The Bertz CT molecular complexity index is 776. The van der Waals surface area contributed by atoms with Crippen LogP contribution in [0.1, 0.15) is 15.9 Å². The van der Waals surface area contributed by atoms with Crippen molar-refractivity contribution in [2.24, 2.45) is 0 Å². The molecule has 98 valence electrons. The number of ether oxygens (including phenoxy) is 1. The number of fused-ring (bicyclic) bond motifs is 1. The van der Waals surface area contributed by atoms with E-state index in [9.17, 15) is 4.79 Å². The zero-order valence-corrected chi connectivity index (χ0v) is 11.0. The summed E-state index contributed by atoms with van der Waals surface area (Å²) in [5.41, 5.74) is 2.39. The van der Waals surface area contributed by atoms with E-state index in [2.05, 4.69) is 4.98 Å². The fourth-order valence-corrected chi connectivity index (χ4v) is 2.13. The Morgan fingerprint density at radius 3 is 2.75 bits per heavy atom. The number of aldehydes is 1. The van der Waals surface area contributed by atoms with Gasteiger partial charge >= 0.3 is 0 Å². The number of aryl methyl sites for hydroxylation is 1. The van der Waals surface area contributed by atoms with Crippen LogP contribution in [0.25, 0.3) is 10.9 Å². The van der Waals surface area contributed by atoms with Gasteiger partial charge in [0.2, 0.25) is 0 Å². The maximum atomic E-state index is 10.8. The van der Waals surface area contributed by atoms with E-state index in [4.69, 9.17) is 4.74 Å². The molecule has 3 nitrogen and oxygen atoms in total. The fourth-order valence-electron chi connectivity index (χ4n) is 2.13. The number of para-hydroxylation sites is 1. The van der Waals surface area contributed by atoms with E-state index < -0.39 is 0 Å². The van der Waals surface area contributed by atoms with E-state index >= 15 is 0 Å². The van der Waals surface area contributed by atoms with Crippen molar-refractivity contribution in [2.45, 2.75) is 6.92 Å². The van der Waals surface area contributed by atoms with E-state index in [0.29, 0.717) is 17.1 Å². The second kappa shape index (κ2) is 5.13. The molecule has 3 heteroatoms. The SMILES string of the molecule is Cc1cc(Oc2cccc3cccnc23)ccc1C=O. The summed E-state index contributed by atoms with van der Waals surface area (Å²) in [4.78, 5) is 15.2. The lowest BCUT2D eigenvalue weighted by molar-refractivity contribution is 0.112. The zero-order valence-electron chi connectivity index (χ0n) is 11.0. The molecule has 0 atom stereocenters. The van der Waals surface area contributed by atoms with Gasteiger partial charge in [0.05, 0.1) is 0 Å². The largest absolute Gasteiger partial charge is 0.455 e. The van der Waals surface area contributed by atoms with Crippen molar-refractivity contribution in [3.63, 3.8) is 0 Å². The molecule has 2 aromatic carbocycles. The Hall–Kier alpha value is -2.68. The van der Waals surface area contributed by atoms with Crippen LogP contribution in [0.4, 0.5) is 0 Å². The van der Waals surface area contributed by atoms with Gasteiger partial charge in [-0.15, -0.1) is 0 Å². The third-order valence-electron chi connectivity index (χ3n) is 3.19. The minimum Gasteiger partial charge on any atom is -0.455 e. The van der Waals surface area contributed by atoms with Crippen molar-refractivity contribution in [3.05, 3.63) is 65.9 Å². The van der Waals surface area contributed by atoms with E-state index in [1.165, 1.54) is 0 Å². The molecular weight excluding hydrogens is 250 g/mol. The molecule has 0 bridgehead atoms. The van der Waals surface area contributed by atoms with Crippen LogP contribution in [-0.4, -0.2) is 11.3 Å². The van der Waals surface area contributed by atoms with Crippen molar-refractivity contribution < 1.29 is 9.53 Å². The Morgan fingerprint density at radius 1 is 1.10 bits per heavy atom. The Morgan fingerprint density at radius 2 is 1.95 bits per heavy atom. The predicted molar refractivity (Wildman–Crippen MR) is 78.4 cm³/mol. The van der Waals surface area contributed by atoms with Crippen LogP contribution in [0.2, 0.25) is 0 Å². The first-order chi connectivity index (χ1) is 9.78. The minimum atomic E-state index is 0.674. The van der Waals surface area contributed by atoms with Crippen molar-refractivity contribution >= 4 is 17.2 Å². The number of carbonyl (C=O) groups excluding carboxylic acids is 1. The summed E-state index contributed by atoms with van der Waals surface area (Å²) in [7, 11) is 0. The standard InChI is InChI=1S/C17H13NO2/c1-12-10-15(8-7-14(12)11-19)20-16-6-2-4-13-5-3-9-18-17(13)16/h2-11H,1H3. The molecule has 0 unspecified atom stereocenters. The first-order valence-corrected chi connectivity index (χ1v) is 6.35. The van der Waals surface area contributed by atoms with Crippen molar-refractivity contribution in [1.29, 1.82) is 0 Å². The number of carbonyl (C=O) groups is 1. The molecule has 0 aliphatic heterocycles. The van der Waals surface area contributed by atoms with Gasteiger partial charge in [0.25, 0.3) is 0 Å². The second-order valence-corrected chi connectivity index (χ2v) is 4.57. The van der Waals surface area contributed by atoms with Crippen LogP contribution in [0.3, 0.4) is 0 Å². The minimum absolute atomic E-state index is 0.674. The van der Waals surface area contributed by atoms with Crippen LogP contribution in [0, 0.1) is 6.92 Å². The molecule has 0 saturated heterocycles. The van der Waals surface area contributed by atoms with E-state index in [1.807, 2.05) is 43.3 Å². The number of benzene rings is 2. The quantitative estimate of drug-likeness (QED) is 0.666. The lowest BCUT2D eigenvalue weighted by Gasteiger charge is -2.09. The van der Waals surface area contributed by atoms with E-state index in [-0.39, 0.29) is 0 Å². The third kappa shape index (κ3) is 2.26. The smallest absolute Gasteiger partial charge is 0.153 e. The van der Waals surface area contributed by atoms with Gasteiger partial charge < -0.3 is 4.74 Å². The molecule has 3 rings (SSSR count). The molecule has 0 fully saturated rings. The van der Waals surface area contributed by atoms with Crippen LogP contribution < -0.4 is 4.74 Å². The summed E-state index contributed by atoms with van der Waals surface area (Å²) in [5.74, 6) is 1.41. The monoisotopic (exact) mass is 263 g/mol. The molecular formula is C17H13NO2. The highest BCUT2D eigenvalue weighted by Crippen LogP contribution is 2.29. The Balaban J connectivity index is 2.01. The van der Waals surface area contributed by atoms with Gasteiger partial charge in [-0.25, -0.2) is 0 Å². The highest BCUT2D eigenvalue weighted by molar-refractivity contribution is 5.84. The summed E-state index contributed by atoms with van der Waals surface area (Å²) < 4.78 is 5.89. The molecule has 1 aromatic heterocycles. The molecule has 0 aliphatic rings. The van der Waals surface area contributed by atoms with Gasteiger partial charge in [-0.3, -0.25) is 9.78 Å². The number of hydrogen-bond donors (Lipinski definition) is 0. The molecule has 0 saturated carbocycles. The maximum Gasteiger partial charge on any atom is 0.153 e. The average Bonchev–Trinajstić information content (AvgIpc) is 2.48. The van der Waals surface area contributed by atoms with Crippen molar-refractivity contribution in [1.82, 2.24) is 4.98 Å². The van der Waals surface area contributed by atoms with Crippen molar-refractivity contribution in [2.75, 3.05) is 0 Å². The molecule has 0 spiro atoms. The first kappa shape index (κ1) is 12.4. The molecule has 0 aliphatic carbocycles. The van der Waals surface area contributed by atoms with Crippen molar-refractivity contribution in [3.8, 4) is 11.5 Å². The number of nitrogens with zero attached hydrogens (tertiary/aromatic N) is 1. The van der Waals surface area contributed by atoms with Gasteiger partial charge in [0.15, 0.2) is 5.75 Å². The lowest BCUT2D eigenvalue weighted by atomic mass is 10.1. The van der Waals surface area contributed by atoms with Crippen LogP contribution in [0.5, 0.6) is 11.5 Å². The normalized spacial score (nSPS) is 10.4. The zero-order chi connectivity index (χ0) is 13.9. The topological polar surface area (TPSA) is 39.2 Å².